The highest BCUT2D eigenvalue weighted by molar-refractivity contribution is 6.39. The number of benzene rings is 1. The quantitative estimate of drug-likeness (QED) is 0.801. The summed E-state index contributed by atoms with van der Waals surface area (Å²) in [6, 6.07) is 5.12. The van der Waals surface area contributed by atoms with Gasteiger partial charge in [-0.05, 0) is 30.9 Å². The lowest BCUT2D eigenvalue weighted by Crippen LogP contribution is -2.44. The lowest BCUT2D eigenvalue weighted by molar-refractivity contribution is -0.144. The van der Waals surface area contributed by atoms with Crippen LogP contribution < -0.4 is 14.8 Å². The molecule has 6 nitrogen and oxygen atoms in total. The fourth-order valence-electron chi connectivity index (χ4n) is 2.82. The zero-order chi connectivity index (χ0) is 15.5. The predicted octanol–water partition coefficient (Wildman–Crippen LogP) is 1.65. The van der Waals surface area contributed by atoms with Gasteiger partial charge in [0.15, 0.2) is 11.5 Å². The van der Waals surface area contributed by atoms with Crippen molar-refractivity contribution >= 4 is 17.5 Å². The number of piperidine rings is 1. The summed E-state index contributed by atoms with van der Waals surface area (Å²) in [4.78, 5) is 25.9. The fraction of sp³-hybridized carbons (Fsp3) is 0.500. The van der Waals surface area contributed by atoms with Gasteiger partial charge >= 0.3 is 11.8 Å². The van der Waals surface area contributed by atoms with E-state index in [2.05, 4.69) is 12.2 Å². The van der Waals surface area contributed by atoms with E-state index in [9.17, 15) is 9.59 Å². The van der Waals surface area contributed by atoms with Gasteiger partial charge in [-0.2, -0.15) is 0 Å². The number of fused-ring (bicyclic) bond motifs is 1. The molecule has 22 heavy (non-hydrogen) atoms. The Bertz CT molecular complexity index is 588. The molecule has 0 radical (unpaired) electrons. The standard InChI is InChI=1S/C16H20N2O4/c1-11-3-2-6-18(10-11)16(20)15(19)17-12-4-5-13-14(9-12)22-8-7-21-13/h4-5,9,11H,2-3,6-8,10H2,1H3,(H,17,19). The van der Waals surface area contributed by atoms with Crippen molar-refractivity contribution < 1.29 is 19.1 Å². The van der Waals surface area contributed by atoms with Crippen LogP contribution in [0.15, 0.2) is 18.2 Å². The van der Waals surface area contributed by atoms with Crippen molar-refractivity contribution in [2.24, 2.45) is 5.92 Å². The second-order valence-corrected chi connectivity index (χ2v) is 5.81. The summed E-state index contributed by atoms with van der Waals surface area (Å²) in [5.74, 6) is 0.607. The van der Waals surface area contributed by atoms with Gasteiger partial charge in [-0.25, -0.2) is 0 Å². The molecule has 1 aromatic rings. The molecule has 1 saturated heterocycles. The van der Waals surface area contributed by atoms with Crippen molar-refractivity contribution in [1.29, 1.82) is 0 Å². The van der Waals surface area contributed by atoms with Crippen molar-refractivity contribution in [3.63, 3.8) is 0 Å². The molecular weight excluding hydrogens is 284 g/mol. The predicted molar refractivity (Wildman–Crippen MR) is 81.0 cm³/mol. The first kappa shape index (κ1) is 14.7. The van der Waals surface area contributed by atoms with Crippen LogP contribution >= 0.6 is 0 Å². The van der Waals surface area contributed by atoms with Crippen LogP contribution in [0.1, 0.15) is 19.8 Å². The number of ether oxygens (including phenoxy) is 2. The molecule has 1 N–H and O–H groups in total. The van der Waals surface area contributed by atoms with Crippen molar-refractivity contribution in [2.75, 3.05) is 31.6 Å². The zero-order valence-electron chi connectivity index (χ0n) is 12.6. The van der Waals surface area contributed by atoms with Gasteiger partial charge in [-0.3, -0.25) is 9.59 Å². The number of hydrogen-bond acceptors (Lipinski definition) is 4. The number of nitrogens with one attached hydrogen (secondary N) is 1. The molecule has 1 aromatic carbocycles. The van der Waals surface area contributed by atoms with E-state index in [1.807, 2.05) is 0 Å². The highest BCUT2D eigenvalue weighted by Crippen LogP contribution is 2.32. The molecule has 0 bridgehead atoms. The summed E-state index contributed by atoms with van der Waals surface area (Å²) < 4.78 is 10.9. The Morgan fingerprint density at radius 2 is 2.00 bits per heavy atom. The normalized spacial score (nSPS) is 20.4. The number of likely N-dealkylation sites (tertiary alicyclic amines) is 1. The number of amides is 2. The number of anilines is 1. The monoisotopic (exact) mass is 304 g/mol. The maximum atomic E-state index is 12.2. The number of carbonyl (C=O) groups excluding carboxylic acids is 2. The minimum absolute atomic E-state index is 0.444. The number of rotatable bonds is 1. The third-order valence-electron chi connectivity index (χ3n) is 3.94. The van der Waals surface area contributed by atoms with Crippen LogP contribution in [0, 0.1) is 5.92 Å². The molecule has 1 atom stereocenters. The van der Waals surface area contributed by atoms with Gasteiger partial charge in [-0.15, -0.1) is 0 Å². The van der Waals surface area contributed by atoms with Gasteiger partial charge in [0.25, 0.3) is 0 Å². The smallest absolute Gasteiger partial charge is 0.313 e. The average molecular weight is 304 g/mol. The van der Waals surface area contributed by atoms with E-state index in [0.717, 1.165) is 12.8 Å². The SMILES string of the molecule is CC1CCCN(C(=O)C(=O)Nc2ccc3c(c2)OCCO3)C1. The molecule has 0 aliphatic carbocycles. The Morgan fingerprint density at radius 1 is 1.23 bits per heavy atom. The first-order chi connectivity index (χ1) is 10.6. The molecule has 2 aliphatic rings. The Balaban J connectivity index is 1.64. The Kier molecular flexibility index (Phi) is 4.18. The van der Waals surface area contributed by atoms with Gasteiger partial charge in [0.1, 0.15) is 13.2 Å². The van der Waals surface area contributed by atoms with Gasteiger partial charge in [0.2, 0.25) is 0 Å². The Morgan fingerprint density at radius 3 is 2.77 bits per heavy atom. The molecule has 2 aliphatic heterocycles. The highest BCUT2D eigenvalue weighted by atomic mass is 16.6. The van der Waals surface area contributed by atoms with Gasteiger partial charge < -0.3 is 19.7 Å². The summed E-state index contributed by atoms with van der Waals surface area (Å²) in [5.41, 5.74) is 0.535. The Hall–Kier alpha value is -2.24. The largest absolute Gasteiger partial charge is 0.486 e. The third kappa shape index (κ3) is 3.16. The van der Waals surface area contributed by atoms with Crippen LogP contribution in [0.4, 0.5) is 5.69 Å². The van der Waals surface area contributed by atoms with Crippen molar-refractivity contribution in [3.05, 3.63) is 18.2 Å². The molecule has 0 saturated carbocycles. The van der Waals surface area contributed by atoms with Gasteiger partial charge in [-0.1, -0.05) is 6.92 Å². The lowest BCUT2D eigenvalue weighted by Gasteiger charge is -2.30. The summed E-state index contributed by atoms with van der Waals surface area (Å²) in [7, 11) is 0. The molecule has 2 heterocycles. The molecule has 2 amide bonds. The second-order valence-electron chi connectivity index (χ2n) is 5.81. The van der Waals surface area contributed by atoms with Crippen LogP contribution in [0.25, 0.3) is 0 Å². The average Bonchev–Trinajstić information content (AvgIpc) is 2.54. The van der Waals surface area contributed by atoms with E-state index in [4.69, 9.17) is 9.47 Å². The van der Waals surface area contributed by atoms with Gasteiger partial charge in [0.05, 0.1) is 0 Å². The number of nitrogens with zero attached hydrogens (tertiary/aromatic N) is 1. The molecule has 1 fully saturated rings. The minimum Gasteiger partial charge on any atom is -0.486 e. The van der Waals surface area contributed by atoms with Crippen LogP contribution in [0.2, 0.25) is 0 Å². The topological polar surface area (TPSA) is 67.9 Å². The number of hydrogen-bond donors (Lipinski definition) is 1. The van der Waals surface area contributed by atoms with Crippen molar-refractivity contribution in [3.8, 4) is 11.5 Å². The van der Waals surface area contributed by atoms with E-state index < -0.39 is 11.8 Å². The highest BCUT2D eigenvalue weighted by Gasteiger charge is 2.26. The second kappa shape index (κ2) is 6.25. The van der Waals surface area contributed by atoms with Crippen LogP contribution in [-0.2, 0) is 9.59 Å². The molecule has 6 heteroatoms. The molecular formula is C16H20N2O4. The van der Waals surface area contributed by atoms with Crippen molar-refractivity contribution in [2.45, 2.75) is 19.8 Å². The maximum absolute atomic E-state index is 12.2. The van der Waals surface area contributed by atoms with Crippen LogP contribution in [0.5, 0.6) is 11.5 Å². The maximum Gasteiger partial charge on any atom is 0.313 e. The summed E-state index contributed by atoms with van der Waals surface area (Å²) in [6.07, 6.45) is 2.05. The number of carbonyl (C=O) groups is 2. The van der Waals surface area contributed by atoms with Crippen molar-refractivity contribution in [1.82, 2.24) is 4.90 Å². The van der Waals surface area contributed by atoms with E-state index in [0.29, 0.717) is 49.4 Å². The molecule has 1 unspecified atom stereocenters. The Labute approximate surface area is 129 Å². The third-order valence-corrected chi connectivity index (χ3v) is 3.94. The zero-order valence-corrected chi connectivity index (χ0v) is 12.6. The van der Waals surface area contributed by atoms with E-state index >= 15 is 0 Å². The van der Waals surface area contributed by atoms with E-state index in [1.54, 1.807) is 23.1 Å². The molecule has 3 rings (SSSR count). The first-order valence-corrected chi connectivity index (χ1v) is 7.63. The van der Waals surface area contributed by atoms with Crippen LogP contribution in [0.3, 0.4) is 0 Å². The summed E-state index contributed by atoms with van der Waals surface area (Å²) in [6.45, 7) is 4.39. The summed E-state index contributed by atoms with van der Waals surface area (Å²) >= 11 is 0. The minimum atomic E-state index is -0.606. The summed E-state index contributed by atoms with van der Waals surface area (Å²) in [5, 5.41) is 2.64. The van der Waals surface area contributed by atoms with Gasteiger partial charge in [0, 0.05) is 24.8 Å². The first-order valence-electron chi connectivity index (χ1n) is 7.63. The lowest BCUT2D eigenvalue weighted by atomic mass is 10.0. The fourth-order valence-corrected chi connectivity index (χ4v) is 2.82. The van der Waals surface area contributed by atoms with E-state index in [-0.39, 0.29) is 0 Å². The molecule has 0 spiro atoms. The molecule has 0 aromatic heterocycles. The van der Waals surface area contributed by atoms with E-state index in [1.165, 1.54) is 0 Å². The van der Waals surface area contributed by atoms with Crippen LogP contribution in [-0.4, -0.2) is 43.0 Å². The molecule has 118 valence electrons.